The lowest BCUT2D eigenvalue weighted by Crippen LogP contribution is -2.33. The predicted octanol–water partition coefficient (Wildman–Crippen LogP) is 1.04. The summed E-state index contributed by atoms with van der Waals surface area (Å²) in [6.07, 6.45) is 2.45. The van der Waals surface area contributed by atoms with Crippen molar-refractivity contribution < 1.29 is 10.2 Å². The van der Waals surface area contributed by atoms with Crippen molar-refractivity contribution in [3.8, 4) is 0 Å². The van der Waals surface area contributed by atoms with Gasteiger partial charge in [0, 0.05) is 18.2 Å². The summed E-state index contributed by atoms with van der Waals surface area (Å²) in [6.45, 7) is 4.04. The number of aliphatic hydroxyl groups is 2. The first-order valence-corrected chi connectivity index (χ1v) is 5.78. The molecule has 0 radical (unpaired) electrons. The van der Waals surface area contributed by atoms with Crippen LogP contribution in [0.2, 0.25) is 0 Å². The summed E-state index contributed by atoms with van der Waals surface area (Å²) in [5.41, 5.74) is 1.63. The third-order valence-corrected chi connectivity index (χ3v) is 3.11. The second-order valence-corrected chi connectivity index (χ2v) is 4.64. The third kappa shape index (κ3) is 2.83. The van der Waals surface area contributed by atoms with Gasteiger partial charge in [-0.05, 0) is 25.8 Å². The highest BCUT2D eigenvalue weighted by Crippen LogP contribution is 2.27. The van der Waals surface area contributed by atoms with Gasteiger partial charge in [-0.1, -0.05) is 13.3 Å². The van der Waals surface area contributed by atoms with E-state index >= 15 is 0 Å². The zero-order chi connectivity index (χ0) is 12.2. The maximum absolute atomic E-state index is 9.48. The lowest BCUT2D eigenvalue weighted by atomic mass is 9.80. The molecule has 1 aromatic rings. The number of aliphatic hydroxyl groups excluding tert-OH is 2. The summed E-state index contributed by atoms with van der Waals surface area (Å²) in [7, 11) is 1.90. The molecular weight excluding hydrogens is 204 g/mol. The highest BCUT2D eigenvalue weighted by Gasteiger charge is 2.29. The zero-order valence-corrected chi connectivity index (χ0v) is 10.4. The second kappa shape index (κ2) is 5.46. The van der Waals surface area contributed by atoms with Crippen LogP contribution < -0.4 is 0 Å². The fraction of sp³-hybridized carbons (Fsp3) is 0.750. The Balaban J connectivity index is 2.86. The smallest absolute Gasteiger partial charge is 0.0596 e. The minimum Gasteiger partial charge on any atom is -0.396 e. The lowest BCUT2D eigenvalue weighted by Gasteiger charge is -2.29. The van der Waals surface area contributed by atoms with E-state index in [2.05, 4.69) is 12.0 Å². The Hall–Kier alpha value is -0.870. The normalized spacial score (nSPS) is 12.1. The Morgan fingerprint density at radius 3 is 2.38 bits per heavy atom. The molecule has 0 fully saturated rings. The van der Waals surface area contributed by atoms with Gasteiger partial charge in [-0.3, -0.25) is 4.68 Å². The highest BCUT2D eigenvalue weighted by atomic mass is 16.3. The summed E-state index contributed by atoms with van der Waals surface area (Å²) in [5.74, 6) is 0. The first kappa shape index (κ1) is 13.2. The van der Waals surface area contributed by atoms with Gasteiger partial charge in [0.1, 0.15) is 0 Å². The molecule has 0 aliphatic carbocycles. The first-order chi connectivity index (χ1) is 7.56. The fourth-order valence-electron chi connectivity index (χ4n) is 2.15. The van der Waals surface area contributed by atoms with E-state index in [-0.39, 0.29) is 13.2 Å². The number of rotatable bonds is 6. The van der Waals surface area contributed by atoms with Gasteiger partial charge in [-0.25, -0.2) is 0 Å². The van der Waals surface area contributed by atoms with E-state index in [9.17, 15) is 10.2 Å². The van der Waals surface area contributed by atoms with E-state index < -0.39 is 5.41 Å². The molecule has 4 nitrogen and oxygen atoms in total. The quantitative estimate of drug-likeness (QED) is 0.762. The fourth-order valence-corrected chi connectivity index (χ4v) is 2.15. The SMILES string of the molecule is CCCC(CO)(CO)Cc1cc(C)nn1C. The van der Waals surface area contributed by atoms with Crippen LogP contribution in [0.3, 0.4) is 0 Å². The van der Waals surface area contributed by atoms with Gasteiger partial charge in [-0.2, -0.15) is 5.10 Å². The molecular formula is C12H22N2O2. The highest BCUT2D eigenvalue weighted by molar-refractivity contribution is 5.11. The van der Waals surface area contributed by atoms with Crippen molar-refractivity contribution in [2.75, 3.05) is 13.2 Å². The van der Waals surface area contributed by atoms with Crippen LogP contribution in [0.1, 0.15) is 31.2 Å². The van der Waals surface area contributed by atoms with E-state index in [4.69, 9.17) is 0 Å². The number of hydrogen-bond donors (Lipinski definition) is 2. The maximum atomic E-state index is 9.48. The third-order valence-electron chi connectivity index (χ3n) is 3.11. The Kier molecular flexibility index (Phi) is 4.50. The molecule has 0 saturated carbocycles. The molecule has 1 rings (SSSR count). The summed E-state index contributed by atoms with van der Waals surface area (Å²) in [5, 5.41) is 23.2. The van der Waals surface area contributed by atoms with Crippen molar-refractivity contribution >= 4 is 0 Å². The van der Waals surface area contributed by atoms with Gasteiger partial charge in [0.25, 0.3) is 0 Å². The van der Waals surface area contributed by atoms with Crippen LogP contribution in [0.25, 0.3) is 0 Å². The van der Waals surface area contributed by atoms with Crippen LogP contribution >= 0.6 is 0 Å². The van der Waals surface area contributed by atoms with Gasteiger partial charge in [-0.15, -0.1) is 0 Å². The van der Waals surface area contributed by atoms with Crippen LogP contribution in [0, 0.1) is 12.3 Å². The monoisotopic (exact) mass is 226 g/mol. The van der Waals surface area contributed by atoms with E-state index in [1.54, 1.807) is 0 Å². The molecule has 1 aromatic heterocycles. The van der Waals surface area contributed by atoms with E-state index in [1.807, 2.05) is 24.7 Å². The van der Waals surface area contributed by atoms with Gasteiger partial charge >= 0.3 is 0 Å². The summed E-state index contributed by atoms with van der Waals surface area (Å²) >= 11 is 0. The molecule has 0 spiro atoms. The Labute approximate surface area is 96.9 Å². The number of hydrogen-bond acceptors (Lipinski definition) is 3. The van der Waals surface area contributed by atoms with Gasteiger partial charge in [0.15, 0.2) is 0 Å². The Morgan fingerprint density at radius 1 is 1.38 bits per heavy atom. The summed E-state index contributed by atoms with van der Waals surface area (Å²) in [4.78, 5) is 0. The zero-order valence-electron chi connectivity index (χ0n) is 10.4. The van der Waals surface area contributed by atoms with Crippen LogP contribution in [0.4, 0.5) is 0 Å². The number of aromatic nitrogens is 2. The van der Waals surface area contributed by atoms with Crippen molar-refractivity contribution in [1.82, 2.24) is 9.78 Å². The Bertz CT molecular complexity index is 330. The molecule has 0 aliphatic rings. The predicted molar refractivity (Wildman–Crippen MR) is 63.2 cm³/mol. The van der Waals surface area contributed by atoms with Gasteiger partial charge in [0.2, 0.25) is 0 Å². The van der Waals surface area contributed by atoms with Crippen LogP contribution in [-0.2, 0) is 13.5 Å². The lowest BCUT2D eigenvalue weighted by molar-refractivity contribution is 0.0451. The van der Waals surface area contributed by atoms with Crippen LogP contribution in [0.5, 0.6) is 0 Å². The molecule has 0 unspecified atom stereocenters. The molecule has 0 aromatic carbocycles. The molecule has 0 atom stereocenters. The topological polar surface area (TPSA) is 58.3 Å². The van der Waals surface area contributed by atoms with Crippen LogP contribution in [0.15, 0.2) is 6.07 Å². The van der Waals surface area contributed by atoms with Crippen LogP contribution in [-0.4, -0.2) is 33.2 Å². The molecule has 1 heterocycles. The number of aryl methyl sites for hydroxylation is 2. The molecule has 0 bridgehead atoms. The van der Waals surface area contributed by atoms with E-state index in [0.717, 1.165) is 24.2 Å². The molecule has 0 amide bonds. The average molecular weight is 226 g/mol. The molecule has 92 valence electrons. The minimum atomic E-state index is -0.408. The van der Waals surface area contributed by atoms with E-state index in [1.165, 1.54) is 0 Å². The van der Waals surface area contributed by atoms with Gasteiger partial charge < -0.3 is 10.2 Å². The number of nitrogens with zero attached hydrogens (tertiary/aromatic N) is 2. The molecule has 16 heavy (non-hydrogen) atoms. The van der Waals surface area contributed by atoms with Gasteiger partial charge in [0.05, 0.1) is 18.9 Å². The average Bonchev–Trinajstić information content (AvgIpc) is 2.56. The molecule has 0 aliphatic heterocycles. The van der Waals surface area contributed by atoms with Crippen molar-refractivity contribution in [1.29, 1.82) is 0 Å². The summed E-state index contributed by atoms with van der Waals surface area (Å²) in [6, 6.07) is 2.01. The van der Waals surface area contributed by atoms with Crippen molar-refractivity contribution in [3.63, 3.8) is 0 Å². The molecule has 2 N–H and O–H groups in total. The van der Waals surface area contributed by atoms with Crippen molar-refractivity contribution in [3.05, 3.63) is 17.5 Å². The van der Waals surface area contributed by atoms with Crippen molar-refractivity contribution in [2.45, 2.75) is 33.1 Å². The second-order valence-electron chi connectivity index (χ2n) is 4.64. The maximum Gasteiger partial charge on any atom is 0.0596 e. The largest absolute Gasteiger partial charge is 0.396 e. The summed E-state index contributed by atoms with van der Waals surface area (Å²) < 4.78 is 1.82. The Morgan fingerprint density at radius 2 is 2.00 bits per heavy atom. The minimum absolute atomic E-state index is 0.0154. The molecule has 4 heteroatoms. The van der Waals surface area contributed by atoms with E-state index in [0.29, 0.717) is 6.42 Å². The standard InChI is InChI=1S/C12H22N2O2/c1-4-5-12(8-15,9-16)7-11-6-10(2)13-14(11)3/h6,15-16H,4-5,7-9H2,1-3H3. The first-order valence-electron chi connectivity index (χ1n) is 5.78. The van der Waals surface area contributed by atoms with Crippen molar-refractivity contribution in [2.24, 2.45) is 12.5 Å². The molecule has 0 saturated heterocycles.